The molecule has 2 aromatic carbocycles. The zero-order valence-corrected chi connectivity index (χ0v) is 19.6. The number of carbonyl (C=O) groups excluding carboxylic acids is 1. The molecule has 8 rings (SSSR count). The van der Waals surface area contributed by atoms with E-state index in [1.54, 1.807) is 22.6 Å². The highest BCUT2D eigenvalue weighted by molar-refractivity contribution is 7.98. The lowest BCUT2D eigenvalue weighted by Crippen LogP contribution is -2.56. The SMILES string of the molecule is O=C1c2c(O)c(=O)ccn2N2CN1C[C@@H]1CC3C(Oc4cccc5c4[C@@H]2c2ccccc2SC5)C31. The molecule has 176 valence electrons. The normalized spacial score (nSPS) is 29.3. The summed E-state index contributed by atoms with van der Waals surface area (Å²) in [6, 6.07) is 15.8. The maximum absolute atomic E-state index is 13.6. The first-order valence-corrected chi connectivity index (χ1v) is 13.1. The Morgan fingerprint density at radius 1 is 1.06 bits per heavy atom. The van der Waals surface area contributed by atoms with Gasteiger partial charge in [-0.05, 0) is 35.6 Å². The molecule has 3 aromatic rings. The van der Waals surface area contributed by atoms with Crippen LogP contribution in [0.25, 0.3) is 0 Å². The van der Waals surface area contributed by atoms with E-state index in [1.165, 1.54) is 16.5 Å². The number of fused-ring (bicyclic) bond motifs is 8. The molecular weight excluding hydrogens is 462 g/mol. The lowest BCUT2D eigenvalue weighted by Gasteiger charge is -2.45. The minimum Gasteiger partial charge on any atom is -0.502 e. The van der Waals surface area contributed by atoms with Gasteiger partial charge in [0.1, 0.15) is 24.6 Å². The predicted octanol–water partition coefficient (Wildman–Crippen LogP) is 3.33. The molecule has 0 saturated heterocycles. The van der Waals surface area contributed by atoms with Gasteiger partial charge in [0.15, 0.2) is 11.4 Å². The molecule has 1 N–H and O–H groups in total. The third-order valence-corrected chi connectivity index (χ3v) is 9.59. The molecule has 8 heteroatoms. The maximum atomic E-state index is 13.6. The number of rotatable bonds is 0. The number of thioether (sulfide) groups is 1. The van der Waals surface area contributed by atoms with Crippen LogP contribution in [0, 0.1) is 17.8 Å². The average Bonchev–Trinajstić information content (AvgIpc) is 3.47. The van der Waals surface area contributed by atoms with Gasteiger partial charge >= 0.3 is 0 Å². The van der Waals surface area contributed by atoms with Gasteiger partial charge in [-0.25, -0.2) is 0 Å². The van der Waals surface area contributed by atoms with E-state index in [9.17, 15) is 14.7 Å². The van der Waals surface area contributed by atoms with Gasteiger partial charge in [0.25, 0.3) is 5.91 Å². The van der Waals surface area contributed by atoms with Crippen molar-refractivity contribution in [2.24, 2.45) is 17.8 Å². The van der Waals surface area contributed by atoms with E-state index >= 15 is 0 Å². The number of nitrogens with zero attached hydrogens (tertiary/aromatic N) is 3. The summed E-state index contributed by atoms with van der Waals surface area (Å²) >= 11 is 1.80. The van der Waals surface area contributed by atoms with Crippen LogP contribution in [0.2, 0.25) is 0 Å². The second-order valence-corrected chi connectivity index (χ2v) is 11.2. The Balaban J connectivity index is 1.43. The Morgan fingerprint density at radius 3 is 2.86 bits per heavy atom. The van der Waals surface area contributed by atoms with Gasteiger partial charge in [0, 0.05) is 46.9 Å². The standard InChI is InChI=1S/C27H23N3O4S/c31-18-8-9-29-24(25(18)32)27(33)28-11-15-10-17-21(15)26(17)34-19-6-3-4-14-12-35-20-7-2-1-5-16(20)23(22(14)19)30(29)13-28/h1-9,15,17,21,23,26,32H,10-13H2/t15-,17?,21?,23-,26?/m0/s1. The lowest BCUT2D eigenvalue weighted by molar-refractivity contribution is 0.0601. The van der Waals surface area contributed by atoms with Crippen molar-refractivity contribution in [3.8, 4) is 11.5 Å². The second-order valence-electron chi connectivity index (χ2n) is 10.2. The molecule has 35 heavy (non-hydrogen) atoms. The van der Waals surface area contributed by atoms with Crippen LogP contribution in [0.3, 0.4) is 0 Å². The van der Waals surface area contributed by atoms with E-state index in [0.29, 0.717) is 31.0 Å². The number of ether oxygens (including phenoxy) is 1. The minimum atomic E-state index is -0.539. The highest BCUT2D eigenvalue weighted by Gasteiger charge is 2.65. The van der Waals surface area contributed by atoms with E-state index in [4.69, 9.17) is 4.74 Å². The van der Waals surface area contributed by atoms with E-state index in [2.05, 4.69) is 41.4 Å². The molecule has 2 saturated carbocycles. The van der Waals surface area contributed by atoms with Crippen LogP contribution in [-0.4, -0.2) is 39.9 Å². The summed E-state index contributed by atoms with van der Waals surface area (Å²) in [5, 5.41) is 12.9. The summed E-state index contributed by atoms with van der Waals surface area (Å²) in [7, 11) is 0. The number of hydrogen-bond donors (Lipinski definition) is 1. The van der Waals surface area contributed by atoms with Crippen molar-refractivity contribution < 1.29 is 14.6 Å². The Kier molecular flexibility index (Phi) is 3.89. The molecule has 1 aromatic heterocycles. The first kappa shape index (κ1) is 19.9. The number of amides is 1. The Hall–Kier alpha value is -3.39. The molecule has 3 unspecified atom stereocenters. The van der Waals surface area contributed by atoms with Crippen molar-refractivity contribution in [1.29, 1.82) is 0 Å². The van der Waals surface area contributed by atoms with Gasteiger partial charge in [0.05, 0.1) is 0 Å². The third kappa shape index (κ3) is 2.63. The monoisotopic (exact) mass is 485 g/mol. The van der Waals surface area contributed by atoms with Crippen molar-refractivity contribution >= 4 is 17.7 Å². The minimum absolute atomic E-state index is 0.0422. The van der Waals surface area contributed by atoms with Crippen molar-refractivity contribution in [2.75, 3.05) is 18.2 Å². The van der Waals surface area contributed by atoms with Gasteiger partial charge in [-0.3, -0.25) is 19.3 Å². The molecule has 5 atom stereocenters. The van der Waals surface area contributed by atoms with Crippen LogP contribution in [-0.2, 0) is 5.75 Å². The number of carbonyl (C=O) groups is 1. The van der Waals surface area contributed by atoms with E-state index in [1.807, 2.05) is 11.0 Å². The van der Waals surface area contributed by atoms with Crippen LogP contribution >= 0.6 is 11.8 Å². The molecule has 0 spiro atoms. The van der Waals surface area contributed by atoms with Crippen molar-refractivity contribution in [2.45, 2.75) is 29.2 Å². The van der Waals surface area contributed by atoms with Crippen LogP contribution < -0.4 is 15.2 Å². The maximum Gasteiger partial charge on any atom is 0.277 e. The number of aromatic hydroxyl groups is 1. The molecule has 4 heterocycles. The number of aromatic nitrogens is 1. The highest BCUT2D eigenvalue weighted by Crippen LogP contribution is 2.62. The van der Waals surface area contributed by atoms with E-state index in [-0.39, 0.29) is 23.7 Å². The van der Waals surface area contributed by atoms with Crippen molar-refractivity contribution in [1.82, 2.24) is 9.58 Å². The molecular formula is C27H23N3O4S. The predicted molar refractivity (Wildman–Crippen MR) is 130 cm³/mol. The topological polar surface area (TPSA) is 75.0 Å². The quantitative estimate of drug-likeness (QED) is 0.527. The smallest absolute Gasteiger partial charge is 0.277 e. The van der Waals surface area contributed by atoms with E-state index in [0.717, 1.165) is 29.1 Å². The van der Waals surface area contributed by atoms with Crippen molar-refractivity contribution in [3.05, 3.63) is 87.3 Å². The highest BCUT2D eigenvalue weighted by atomic mass is 32.2. The average molecular weight is 486 g/mol. The summed E-state index contributed by atoms with van der Waals surface area (Å²) in [4.78, 5) is 29.0. The fourth-order valence-corrected chi connectivity index (χ4v) is 7.78. The summed E-state index contributed by atoms with van der Waals surface area (Å²) in [6.45, 7) is 0.968. The first-order chi connectivity index (χ1) is 17.1. The molecule has 1 amide bonds. The first-order valence-electron chi connectivity index (χ1n) is 12.1. The fraction of sp³-hybridized carbons (Fsp3) is 0.333. The summed E-state index contributed by atoms with van der Waals surface area (Å²) in [5.41, 5.74) is 2.94. The van der Waals surface area contributed by atoms with Gasteiger partial charge in [-0.1, -0.05) is 30.3 Å². The van der Waals surface area contributed by atoms with Crippen LogP contribution in [0.15, 0.2) is 64.4 Å². The molecule has 5 aliphatic rings. The molecule has 2 fully saturated rings. The zero-order chi connectivity index (χ0) is 23.4. The van der Waals surface area contributed by atoms with Gasteiger partial charge < -0.3 is 14.7 Å². The Labute approximate surface area is 205 Å². The Bertz CT molecular complexity index is 1490. The summed E-state index contributed by atoms with van der Waals surface area (Å²) in [6.07, 6.45) is 2.86. The Morgan fingerprint density at radius 2 is 1.94 bits per heavy atom. The lowest BCUT2D eigenvalue weighted by atomic mass is 9.85. The van der Waals surface area contributed by atoms with Gasteiger partial charge in [-0.2, -0.15) is 0 Å². The third-order valence-electron chi connectivity index (χ3n) is 8.45. The van der Waals surface area contributed by atoms with Crippen LogP contribution in [0.5, 0.6) is 11.5 Å². The van der Waals surface area contributed by atoms with Crippen LogP contribution in [0.1, 0.15) is 39.6 Å². The molecule has 7 nitrogen and oxygen atoms in total. The number of pyridine rings is 1. The number of benzene rings is 2. The molecule has 0 radical (unpaired) electrons. The fourth-order valence-electron chi connectivity index (χ4n) is 6.70. The molecule has 3 aliphatic heterocycles. The second kappa shape index (κ2) is 6.85. The summed E-state index contributed by atoms with van der Waals surface area (Å²) < 4.78 is 8.42. The van der Waals surface area contributed by atoms with Gasteiger partial charge in [-0.15, -0.1) is 11.8 Å². The van der Waals surface area contributed by atoms with Crippen LogP contribution in [0.4, 0.5) is 0 Å². The number of hydrogen-bond acceptors (Lipinski definition) is 6. The molecule has 2 aliphatic carbocycles. The van der Waals surface area contributed by atoms with Gasteiger partial charge in [0.2, 0.25) is 5.43 Å². The van der Waals surface area contributed by atoms with E-state index < -0.39 is 11.2 Å². The largest absolute Gasteiger partial charge is 0.502 e. The van der Waals surface area contributed by atoms with Crippen molar-refractivity contribution in [3.63, 3.8) is 0 Å². The zero-order valence-electron chi connectivity index (χ0n) is 18.8. The molecule has 2 bridgehead atoms. The summed E-state index contributed by atoms with van der Waals surface area (Å²) in [5.74, 6) is 2.34.